The Morgan fingerprint density at radius 3 is 2.47 bits per heavy atom. The Morgan fingerprint density at radius 1 is 1.05 bits per heavy atom. The Balaban J connectivity index is 2.55. The van der Waals surface area contributed by atoms with E-state index in [9.17, 15) is 0 Å². The Labute approximate surface area is 129 Å². The van der Waals surface area contributed by atoms with Gasteiger partial charge >= 0.3 is 129 Å². The van der Waals surface area contributed by atoms with Crippen molar-refractivity contribution in [1.82, 2.24) is 0 Å². The van der Waals surface area contributed by atoms with Crippen molar-refractivity contribution in [3.8, 4) is 0 Å². The monoisotopic (exact) mass is 372 g/mol. The van der Waals surface area contributed by atoms with E-state index in [0.29, 0.717) is 0 Å². The first kappa shape index (κ1) is 16.5. The quantitative estimate of drug-likeness (QED) is 0.332. The summed E-state index contributed by atoms with van der Waals surface area (Å²) >= 11 is -0.161. The van der Waals surface area contributed by atoms with Crippen LogP contribution in [0.3, 0.4) is 0 Å². The zero-order valence-electron chi connectivity index (χ0n) is 12.3. The van der Waals surface area contributed by atoms with Gasteiger partial charge in [-0.1, -0.05) is 0 Å². The van der Waals surface area contributed by atoms with Crippen molar-refractivity contribution >= 4 is 24.5 Å². The third kappa shape index (κ3) is 8.30. The molecule has 104 valence electrons. The van der Waals surface area contributed by atoms with Gasteiger partial charge in [0, 0.05) is 0 Å². The van der Waals surface area contributed by atoms with Crippen molar-refractivity contribution in [2.45, 2.75) is 52.4 Å². The summed E-state index contributed by atoms with van der Waals surface area (Å²) in [4.78, 5) is 0. The van der Waals surface area contributed by atoms with Gasteiger partial charge in [0.25, 0.3) is 0 Å². The van der Waals surface area contributed by atoms with Crippen molar-refractivity contribution in [2.24, 2.45) is 0 Å². The second kappa shape index (κ2) is 11.3. The summed E-state index contributed by atoms with van der Waals surface area (Å²) in [5, 5.41) is 0. The van der Waals surface area contributed by atoms with E-state index in [-0.39, 0.29) is 20.9 Å². The Kier molecular flexibility index (Phi) is 9.86. The SMILES string of the molecule is CCCC/C=C/C=C(\CCCC)[Te]c1ccccc1. The van der Waals surface area contributed by atoms with E-state index in [4.69, 9.17) is 0 Å². The predicted molar refractivity (Wildman–Crippen MR) is 88.1 cm³/mol. The van der Waals surface area contributed by atoms with E-state index in [1.165, 1.54) is 38.5 Å². The molecule has 0 amide bonds. The first-order chi connectivity index (χ1) is 9.36. The fourth-order valence-corrected chi connectivity index (χ4v) is 4.58. The van der Waals surface area contributed by atoms with Crippen LogP contribution in [0.1, 0.15) is 52.4 Å². The van der Waals surface area contributed by atoms with Crippen LogP contribution in [0.4, 0.5) is 0 Å². The van der Waals surface area contributed by atoms with Crippen molar-refractivity contribution in [2.75, 3.05) is 0 Å². The number of benzene rings is 1. The van der Waals surface area contributed by atoms with E-state index in [1.54, 1.807) is 7.23 Å². The van der Waals surface area contributed by atoms with Crippen molar-refractivity contribution in [1.29, 1.82) is 0 Å². The molecule has 1 aromatic carbocycles. The second-order valence-corrected chi connectivity index (χ2v) is 8.15. The number of hydrogen-bond acceptors (Lipinski definition) is 0. The van der Waals surface area contributed by atoms with Crippen LogP contribution in [-0.4, -0.2) is 20.9 Å². The van der Waals surface area contributed by atoms with E-state index < -0.39 is 0 Å². The zero-order chi connectivity index (χ0) is 13.8. The molecule has 0 saturated carbocycles. The molecule has 0 bridgehead atoms. The van der Waals surface area contributed by atoms with Crippen LogP contribution in [0.25, 0.3) is 0 Å². The average molecular weight is 370 g/mol. The van der Waals surface area contributed by atoms with Crippen molar-refractivity contribution in [3.63, 3.8) is 0 Å². The van der Waals surface area contributed by atoms with Crippen LogP contribution < -0.4 is 3.61 Å². The number of allylic oxidation sites excluding steroid dienone is 4. The molecule has 0 radical (unpaired) electrons. The average Bonchev–Trinajstić information content (AvgIpc) is 2.45. The summed E-state index contributed by atoms with van der Waals surface area (Å²) in [6.07, 6.45) is 14.7. The van der Waals surface area contributed by atoms with Crippen LogP contribution in [-0.2, 0) is 0 Å². The van der Waals surface area contributed by atoms with Gasteiger partial charge in [-0.2, -0.15) is 0 Å². The Hall–Kier alpha value is -0.510. The van der Waals surface area contributed by atoms with Crippen molar-refractivity contribution in [3.05, 3.63) is 52.2 Å². The molecule has 0 aliphatic rings. The molecular weight excluding hydrogens is 344 g/mol. The molecule has 0 N–H and O–H groups in total. The van der Waals surface area contributed by atoms with Crippen LogP contribution in [0, 0.1) is 0 Å². The normalized spacial score (nSPS) is 12.2. The minimum atomic E-state index is -0.161. The summed E-state index contributed by atoms with van der Waals surface area (Å²) < 4.78 is 3.24. The van der Waals surface area contributed by atoms with Gasteiger partial charge in [0.05, 0.1) is 0 Å². The first-order valence-electron chi connectivity index (χ1n) is 7.45. The van der Waals surface area contributed by atoms with Gasteiger partial charge in [0.2, 0.25) is 0 Å². The van der Waals surface area contributed by atoms with E-state index in [1.807, 2.05) is 0 Å². The fourth-order valence-electron chi connectivity index (χ4n) is 1.75. The summed E-state index contributed by atoms with van der Waals surface area (Å²) in [6, 6.07) is 11.0. The maximum atomic E-state index is 2.39. The first-order valence-corrected chi connectivity index (χ1v) is 9.78. The molecule has 0 nitrogen and oxygen atoms in total. The molecule has 0 aliphatic heterocycles. The fraction of sp³-hybridized carbons (Fsp3) is 0.444. The molecular formula is C18H26Te. The standard InChI is InChI=1S/C18H26Te/c1-3-5-7-8-10-14-17(13-6-4-2)19-18-15-11-9-12-16-18/h8-12,14-16H,3-7,13H2,1-2H3/b10-8+,17-14+. The predicted octanol–water partition coefficient (Wildman–Crippen LogP) is 4.84. The number of hydrogen-bond donors (Lipinski definition) is 0. The molecule has 1 heteroatoms. The summed E-state index contributed by atoms with van der Waals surface area (Å²) in [7, 11) is 0. The Morgan fingerprint density at radius 2 is 1.79 bits per heavy atom. The Bertz CT molecular complexity index is 376. The van der Waals surface area contributed by atoms with Gasteiger partial charge in [-0.3, -0.25) is 0 Å². The van der Waals surface area contributed by atoms with Crippen LogP contribution >= 0.6 is 0 Å². The third-order valence-corrected chi connectivity index (χ3v) is 6.08. The van der Waals surface area contributed by atoms with E-state index in [0.717, 1.165) is 0 Å². The molecule has 1 rings (SSSR count). The number of unbranched alkanes of at least 4 members (excludes halogenated alkanes) is 3. The van der Waals surface area contributed by atoms with Gasteiger partial charge < -0.3 is 0 Å². The topological polar surface area (TPSA) is 0 Å². The summed E-state index contributed by atoms with van der Waals surface area (Å²) in [5.74, 6) is 0. The van der Waals surface area contributed by atoms with Crippen LogP contribution in [0.2, 0.25) is 0 Å². The maximum absolute atomic E-state index is 2.39. The molecule has 0 aliphatic carbocycles. The van der Waals surface area contributed by atoms with Crippen LogP contribution in [0.15, 0.2) is 52.2 Å². The summed E-state index contributed by atoms with van der Waals surface area (Å²) in [6.45, 7) is 4.52. The minimum absolute atomic E-state index is 0.161. The van der Waals surface area contributed by atoms with Crippen LogP contribution in [0.5, 0.6) is 0 Å². The van der Waals surface area contributed by atoms with Gasteiger partial charge in [0.1, 0.15) is 0 Å². The molecule has 1 aromatic rings. The van der Waals surface area contributed by atoms with Gasteiger partial charge in [-0.05, 0) is 0 Å². The summed E-state index contributed by atoms with van der Waals surface area (Å²) in [5.41, 5.74) is 0. The molecule has 0 aromatic heterocycles. The zero-order valence-corrected chi connectivity index (χ0v) is 14.6. The number of rotatable bonds is 9. The molecule has 19 heavy (non-hydrogen) atoms. The van der Waals surface area contributed by atoms with Gasteiger partial charge in [0.15, 0.2) is 0 Å². The molecule has 0 unspecified atom stereocenters. The van der Waals surface area contributed by atoms with Gasteiger partial charge in [-0.15, -0.1) is 0 Å². The van der Waals surface area contributed by atoms with Crippen molar-refractivity contribution < 1.29 is 0 Å². The van der Waals surface area contributed by atoms with Gasteiger partial charge in [-0.25, -0.2) is 0 Å². The van der Waals surface area contributed by atoms with E-state index in [2.05, 4.69) is 62.4 Å². The third-order valence-electron chi connectivity index (χ3n) is 2.91. The van der Waals surface area contributed by atoms with E-state index >= 15 is 0 Å². The molecule has 0 fully saturated rings. The second-order valence-electron chi connectivity index (χ2n) is 4.72. The molecule has 0 heterocycles. The molecule has 0 atom stereocenters. The molecule has 0 spiro atoms. The molecule has 0 saturated heterocycles.